The lowest BCUT2D eigenvalue weighted by molar-refractivity contribution is 0.986. The van der Waals surface area contributed by atoms with Crippen molar-refractivity contribution in [1.29, 1.82) is 0 Å². The van der Waals surface area contributed by atoms with Gasteiger partial charge in [-0.2, -0.15) is 0 Å². The topological polar surface area (TPSA) is 37.4 Å². The van der Waals surface area contributed by atoms with Gasteiger partial charge >= 0.3 is 0 Å². The number of rotatable bonds is 2. The van der Waals surface area contributed by atoms with Gasteiger partial charge in [-0.25, -0.2) is 0 Å². The molecule has 3 heteroatoms. The second kappa shape index (κ2) is 4.42. The largest absolute Gasteiger partial charge is 0.337 e. The van der Waals surface area contributed by atoms with Gasteiger partial charge in [0.1, 0.15) is 5.69 Å². The number of para-hydroxylation sites is 1. The molecule has 102 valence electrons. The van der Waals surface area contributed by atoms with E-state index < -0.39 is 0 Å². The summed E-state index contributed by atoms with van der Waals surface area (Å²) in [5, 5.41) is 0. The van der Waals surface area contributed by atoms with Crippen LogP contribution < -0.4 is 15.8 Å². The van der Waals surface area contributed by atoms with Gasteiger partial charge in [-0.05, 0) is 23.6 Å². The van der Waals surface area contributed by atoms with Crippen molar-refractivity contribution in [2.45, 2.75) is 6.42 Å². The van der Waals surface area contributed by atoms with Gasteiger partial charge < -0.3 is 4.90 Å². The second-order valence-electron chi connectivity index (χ2n) is 5.28. The van der Waals surface area contributed by atoms with Gasteiger partial charge in [-0.3, -0.25) is 9.59 Å². The molecule has 0 amide bonds. The first-order valence-electron chi connectivity index (χ1n) is 7.01. The highest BCUT2D eigenvalue weighted by molar-refractivity contribution is 5.87. The molecule has 4 rings (SSSR count). The molecule has 1 aliphatic heterocycles. The first-order valence-corrected chi connectivity index (χ1v) is 7.01. The Hall–Kier alpha value is -2.68. The second-order valence-corrected chi connectivity index (χ2v) is 5.28. The van der Waals surface area contributed by atoms with Crippen molar-refractivity contribution in [2.24, 2.45) is 0 Å². The lowest BCUT2D eigenvalue weighted by atomic mass is 9.97. The van der Waals surface area contributed by atoms with Crippen molar-refractivity contribution in [3.8, 4) is 11.1 Å². The Kier molecular flexibility index (Phi) is 2.54. The fourth-order valence-electron chi connectivity index (χ4n) is 3.08. The minimum Gasteiger partial charge on any atom is -0.337 e. The third-order valence-electron chi connectivity index (χ3n) is 4.10. The van der Waals surface area contributed by atoms with Crippen molar-refractivity contribution in [2.75, 3.05) is 11.4 Å². The molecular weight excluding hydrogens is 262 g/mol. The molecular formula is C18H13NO2. The summed E-state index contributed by atoms with van der Waals surface area (Å²) >= 11 is 0. The molecule has 3 aromatic carbocycles. The number of hydrogen-bond acceptors (Lipinski definition) is 3. The molecule has 3 aromatic rings. The third kappa shape index (κ3) is 1.67. The lowest BCUT2D eigenvalue weighted by Gasteiger charge is -2.23. The first-order chi connectivity index (χ1) is 10.3. The summed E-state index contributed by atoms with van der Waals surface area (Å²) in [7, 11) is 0. The predicted octanol–water partition coefficient (Wildman–Crippen LogP) is 2.64. The van der Waals surface area contributed by atoms with E-state index in [0.717, 1.165) is 24.2 Å². The van der Waals surface area contributed by atoms with Gasteiger partial charge in [-0.15, -0.1) is 0 Å². The molecule has 0 radical (unpaired) electrons. The number of fused-ring (bicyclic) bond motifs is 1. The first kappa shape index (κ1) is 12.1. The van der Waals surface area contributed by atoms with E-state index in [0.29, 0.717) is 11.3 Å². The van der Waals surface area contributed by atoms with E-state index in [9.17, 15) is 9.59 Å². The van der Waals surface area contributed by atoms with Gasteiger partial charge in [0.25, 0.3) is 5.43 Å². The zero-order chi connectivity index (χ0) is 14.4. The average molecular weight is 275 g/mol. The quantitative estimate of drug-likeness (QED) is 0.675. The SMILES string of the molecule is O=c1c(-c2ccccc2)c(N2CCc3ccccc32)c1=O. The number of benzene rings is 2. The summed E-state index contributed by atoms with van der Waals surface area (Å²) in [5.74, 6) is 0. The third-order valence-corrected chi connectivity index (χ3v) is 4.10. The molecule has 21 heavy (non-hydrogen) atoms. The van der Waals surface area contributed by atoms with E-state index in [2.05, 4.69) is 6.07 Å². The van der Waals surface area contributed by atoms with Crippen LogP contribution in [0.15, 0.2) is 64.2 Å². The van der Waals surface area contributed by atoms with E-state index in [1.165, 1.54) is 5.56 Å². The van der Waals surface area contributed by atoms with Gasteiger partial charge in [0.05, 0.1) is 5.56 Å². The summed E-state index contributed by atoms with van der Waals surface area (Å²) in [6.07, 6.45) is 0.906. The Morgan fingerprint density at radius 3 is 2.33 bits per heavy atom. The van der Waals surface area contributed by atoms with Crippen LogP contribution in [0, 0.1) is 0 Å². The number of hydrogen-bond donors (Lipinski definition) is 0. The van der Waals surface area contributed by atoms with Crippen LogP contribution in [0.1, 0.15) is 5.56 Å². The number of anilines is 2. The van der Waals surface area contributed by atoms with Crippen molar-refractivity contribution in [1.82, 2.24) is 0 Å². The predicted molar refractivity (Wildman–Crippen MR) is 83.9 cm³/mol. The van der Waals surface area contributed by atoms with E-state index in [1.807, 2.05) is 53.4 Å². The average Bonchev–Trinajstić information content (AvgIpc) is 2.96. The summed E-state index contributed by atoms with van der Waals surface area (Å²) in [6.45, 7) is 0.754. The van der Waals surface area contributed by atoms with E-state index in [-0.39, 0.29) is 10.9 Å². The van der Waals surface area contributed by atoms with Crippen LogP contribution in [0.2, 0.25) is 0 Å². The van der Waals surface area contributed by atoms with Crippen molar-refractivity contribution >= 4 is 11.4 Å². The molecule has 0 fully saturated rings. The molecule has 3 nitrogen and oxygen atoms in total. The summed E-state index contributed by atoms with van der Waals surface area (Å²) in [6, 6.07) is 17.5. The number of nitrogens with zero attached hydrogens (tertiary/aromatic N) is 1. The Bertz CT molecular complexity index is 889. The van der Waals surface area contributed by atoms with Crippen LogP contribution in [-0.4, -0.2) is 6.54 Å². The molecule has 0 saturated heterocycles. The highest BCUT2D eigenvalue weighted by atomic mass is 16.2. The van der Waals surface area contributed by atoms with Crippen LogP contribution in [0.25, 0.3) is 11.1 Å². The fourth-order valence-corrected chi connectivity index (χ4v) is 3.08. The molecule has 0 spiro atoms. The molecule has 0 unspecified atom stereocenters. The standard InChI is InChI=1S/C18H13NO2/c20-17-15(13-7-2-1-3-8-13)16(18(17)21)19-11-10-12-6-4-5-9-14(12)19/h1-9H,10-11H2. The zero-order valence-electron chi connectivity index (χ0n) is 11.4. The smallest absolute Gasteiger partial charge is 0.250 e. The fraction of sp³-hybridized carbons (Fsp3) is 0.111. The van der Waals surface area contributed by atoms with Crippen LogP contribution in [0.4, 0.5) is 11.4 Å². The molecule has 0 aromatic heterocycles. The maximum atomic E-state index is 12.1. The molecule has 1 heterocycles. The molecule has 1 aliphatic rings. The highest BCUT2D eigenvalue weighted by Gasteiger charge is 2.31. The van der Waals surface area contributed by atoms with Crippen molar-refractivity contribution in [3.05, 3.63) is 80.6 Å². The Morgan fingerprint density at radius 2 is 1.52 bits per heavy atom. The van der Waals surface area contributed by atoms with Crippen LogP contribution in [0.5, 0.6) is 0 Å². The minimum atomic E-state index is -0.374. The minimum absolute atomic E-state index is 0.370. The highest BCUT2D eigenvalue weighted by Crippen LogP contribution is 2.37. The molecule has 0 N–H and O–H groups in total. The monoisotopic (exact) mass is 275 g/mol. The molecule has 0 atom stereocenters. The Labute approximate surface area is 121 Å². The maximum Gasteiger partial charge on any atom is 0.250 e. The summed E-state index contributed by atoms with van der Waals surface area (Å²) in [4.78, 5) is 26.1. The molecule has 0 aliphatic carbocycles. The van der Waals surface area contributed by atoms with E-state index in [4.69, 9.17) is 0 Å². The normalized spacial score (nSPS) is 13.6. The van der Waals surface area contributed by atoms with E-state index >= 15 is 0 Å². The van der Waals surface area contributed by atoms with E-state index in [1.54, 1.807) is 0 Å². The zero-order valence-corrected chi connectivity index (χ0v) is 11.4. The van der Waals surface area contributed by atoms with Crippen molar-refractivity contribution < 1.29 is 0 Å². The summed E-state index contributed by atoms with van der Waals surface area (Å²) in [5.41, 5.74) is 3.45. The Morgan fingerprint density at radius 1 is 0.810 bits per heavy atom. The van der Waals surface area contributed by atoms with Gasteiger partial charge in [0.2, 0.25) is 5.43 Å². The van der Waals surface area contributed by atoms with Crippen LogP contribution >= 0.6 is 0 Å². The van der Waals surface area contributed by atoms with Crippen LogP contribution in [0.3, 0.4) is 0 Å². The van der Waals surface area contributed by atoms with Crippen LogP contribution in [-0.2, 0) is 6.42 Å². The molecule has 0 saturated carbocycles. The molecule has 0 bridgehead atoms. The van der Waals surface area contributed by atoms with Gasteiger partial charge in [0.15, 0.2) is 0 Å². The van der Waals surface area contributed by atoms with Gasteiger partial charge in [-0.1, -0.05) is 48.5 Å². The Balaban J connectivity index is 1.88. The maximum absolute atomic E-state index is 12.1. The summed E-state index contributed by atoms with van der Waals surface area (Å²) < 4.78 is 0. The van der Waals surface area contributed by atoms with Gasteiger partial charge in [0, 0.05) is 12.2 Å². The lowest BCUT2D eigenvalue weighted by Crippen LogP contribution is -2.39. The van der Waals surface area contributed by atoms with Crippen molar-refractivity contribution in [3.63, 3.8) is 0 Å².